The van der Waals surface area contributed by atoms with E-state index in [1.54, 1.807) is 49.6 Å². The molecule has 6 nitrogen and oxygen atoms in total. The van der Waals surface area contributed by atoms with Crippen LogP contribution in [0.4, 0.5) is 16.2 Å². The molecule has 0 atom stereocenters. The van der Waals surface area contributed by atoms with Gasteiger partial charge in [0.1, 0.15) is 5.75 Å². The fourth-order valence-corrected chi connectivity index (χ4v) is 2.21. The number of methoxy groups -OCH3 is 1. The van der Waals surface area contributed by atoms with Gasteiger partial charge in [0.2, 0.25) is 5.91 Å². The lowest BCUT2D eigenvalue weighted by Crippen LogP contribution is -2.28. The highest BCUT2D eigenvalue weighted by Crippen LogP contribution is 2.22. The Kier molecular flexibility index (Phi) is 6.03. The maximum atomic E-state index is 12.0. The fraction of sp³-hybridized carbons (Fsp3) is 0.176. The number of amides is 3. The Labute approximate surface area is 145 Å². The van der Waals surface area contributed by atoms with Crippen LogP contribution in [0.5, 0.6) is 5.75 Å². The third kappa shape index (κ3) is 5.17. The van der Waals surface area contributed by atoms with E-state index in [2.05, 4.69) is 16.0 Å². The van der Waals surface area contributed by atoms with Crippen LogP contribution < -0.4 is 20.7 Å². The van der Waals surface area contributed by atoms with Crippen molar-refractivity contribution >= 4 is 34.9 Å². The Morgan fingerprint density at radius 2 is 1.71 bits per heavy atom. The highest BCUT2D eigenvalue weighted by Gasteiger charge is 2.08. The number of halogens is 1. The molecule has 0 aromatic heterocycles. The first-order valence-electron chi connectivity index (χ1n) is 7.23. The molecule has 3 N–H and O–H groups in total. The summed E-state index contributed by atoms with van der Waals surface area (Å²) in [5, 5.41) is 8.74. The molecule has 0 saturated carbocycles. The van der Waals surface area contributed by atoms with E-state index in [0.717, 1.165) is 5.56 Å². The highest BCUT2D eigenvalue weighted by atomic mass is 35.5. The lowest BCUT2D eigenvalue weighted by Gasteiger charge is -2.12. The molecule has 2 rings (SSSR count). The van der Waals surface area contributed by atoms with Crippen molar-refractivity contribution in [2.75, 3.05) is 17.7 Å². The molecule has 126 valence electrons. The number of urea groups is 1. The molecule has 0 radical (unpaired) electrons. The summed E-state index contributed by atoms with van der Waals surface area (Å²) in [6.45, 7) is 1.68. The molecule has 0 fully saturated rings. The minimum atomic E-state index is -0.357. The largest absolute Gasteiger partial charge is 0.496 e. The number of carbonyl (C=O) groups is 2. The molecule has 2 aromatic rings. The molecule has 0 unspecified atom stereocenters. The molecule has 0 bridgehead atoms. The van der Waals surface area contributed by atoms with Gasteiger partial charge in [-0.1, -0.05) is 11.6 Å². The van der Waals surface area contributed by atoms with E-state index in [4.69, 9.17) is 16.3 Å². The molecule has 0 heterocycles. The zero-order chi connectivity index (χ0) is 17.5. The summed E-state index contributed by atoms with van der Waals surface area (Å²) in [7, 11) is 1.55. The van der Waals surface area contributed by atoms with Gasteiger partial charge in [0.25, 0.3) is 0 Å². The summed E-state index contributed by atoms with van der Waals surface area (Å²) >= 11 is 5.80. The number of carbonyl (C=O) groups excluding carboxylic acids is 2. The van der Waals surface area contributed by atoms with E-state index in [1.807, 2.05) is 0 Å². The minimum Gasteiger partial charge on any atom is -0.496 e. The van der Waals surface area contributed by atoms with Gasteiger partial charge in [-0.25, -0.2) is 4.79 Å². The van der Waals surface area contributed by atoms with Crippen molar-refractivity contribution in [3.05, 3.63) is 53.1 Å². The number of hydrogen-bond acceptors (Lipinski definition) is 3. The van der Waals surface area contributed by atoms with Gasteiger partial charge in [-0.15, -0.1) is 0 Å². The van der Waals surface area contributed by atoms with Crippen LogP contribution in [0.25, 0.3) is 0 Å². The lowest BCUT2D eigenvalue weighted by molar-refractivity contribution is -0.114. The maximum Gasteiger partial charge on any atom is 0.319 e. The summed E-state index contributed by atoms with van der Waals surface area (Å²) in [6.07, 6.45) is 0. The standard InChI is InChI=1S/C17H18ClN3O3/c1-11(22)20-15-7-8-16(24-2)12(9-15)10-19-17(23)21-14-5-3-13(18)4-6-14/h3-9H,10H2,1-2H3,(H,20,22)(H2,19,21,23). The molecular weight excluding hydrogens is 330 g/mol. The van der Waals surface area contributed by atoms with Gasteiger partial charge in [0, 0.05) is 35.4 Å². The summed E-state index contributed by atoms with van der Waals surface area (Å²) < 4.78 is 5.27. The normalized spacial score (nSPS) is 9.96. The second-order valence-corrected chi connectivity index (χ2v) is 5.46. The van der Waals surface area contributed by atoms with Crippen molar-refractivity contribution in [1.82, 2.24) is 5.32 Å². The SMILES string of the molecule is COc1ccc(NC(C)=O)cc1CNC(=O)Nc1ccc(Cl)cc1. The molecule has 0 aliphatic heterocycles. The lowest BCUT2D eigenvalue weighted by atomic mass is 10.1. The van der Waals surface area contributed by atoms with Gasteiger partial charge in [0.15, 0.2) is 0 Å². The molecule has 0 aliphatic carbocycles. The zero-order valence-corrected chi connectivity index (χ0v) is 14.1. The molecule has 24 heavy (non-hydrogen) atoms. The predicted molar refractivity (Wildman–Crippen MR) is 94.6 cm³/mol. The Bertz CT molecular complexity index is 732. The van der Waals surface area contributed by atoms with Crippen LogP contribution in [0.2, 0.25) is 5.02 Å². The van der Waals surface area contributed by atoms with Crippen molar-refractivity contribution in [3.63, 3.8) is 0 Å². The van der Waals surface area contributed by atoms with E-state index in [-0.39, 0.29) is 18.5 Å². The Hall–Kier alpha value is -2.73. The first-order valence-corrected chi connectivity index (χ1v) is 7.60. The first kappa shape index (κ1) is 17.6. The summed E-state index contributed by atoms with van der Waals surface area (Å²) in [6, 6.07) is 11.7. The number of benzene rings is 2. The molecule has 2 aromatic carbocycles. The summed E-state index contributed by atoms with van der Waals surface area (Å²) in [5.74, 6) is 0.454. The van der Waals surface area contributed by atoms with Crippen LogP contribution in [-0.4, -0.2) is 19.0 Å². The smallest absolute Gasteiger partial charge is 0.319 e. The van der Waals surface area contributed by atoms with Crippen LogP contribution >= 0.6 is 11.6 Å². The van der Waals surface area contributed by atoms with E-state index < -0.39 is 0 Å². The molecule has 3 amide bonds. The predicted octanol–water partition coefficient (Wildman–Crippen LogP) is 3.63. The molecule has 7 heteroatoms. The Morgan fingerprint density at radius 1 is 1.04 bits per heavy atom. The average molecular weight is 348 g/mol. The van der Waals surface area contributed by atoms with Gasteiger partial charge in [0.05, 0.1) is 7.11 Å². The van der Waals surface area contributed by atoms with Gasteiger partial charge >= 0.3 is 6.03 Å². The monoisotopic (exact) mass is 347 g/mol. The van der Waals surface area contributed by atoms with Crippen LogP contribution in [-0.2, 0) is 11.3 Å². The van der Waals surface area contributed by atoms with Crippen molar-refractivity contribution in [2.24, 2.45) is 0 Å². The summed E-state index contributed by atoms with van der Waals surface area (Å²) in [4.78, 5) is 23.1. The van der Waals surface area contributed by atoms with Crippen molar-refractivity contribution in [1.29, 1.82) is 0 Å². The third-order valence-electron chi connectivity index (χ3n) is 3.14. The Balaban J connectivity index is 2.00. The quantitative estimate of drug-likeness (QED) is 0.772. The van der Waals surface area contributed by atoms with Crippen LogP contribution in [0, 0.1) is 0 Å². The Morgan fingerprint density at radius 3 is 2.33 bits per heavy atom. The van der Waals surface area contributed by atoms with Crippen molar-refractivity contribution < 1.29 is 14.3 Å². The van der Waals surface area contributed by atoms with Crippen LogP contribution in [0.1, 0.15) is 12.5 Å². The highest BCUT2D eigenvalue weighted by molar-refractivity contribution is 6.30. The minimum absolute atomic E-state index is 0.167. The topological polar surface area (TPSA) is 79.5 Å². The maximum absolute atomic E-state index is 12.0. The number of ether oxygens (including phenoxy) is 1. The second-order valence-electron chi connectivity index (χ2n) is 5.02. The van der Waals surface area contributed by atoms with E-state index in [1.165, 1.54) is 6.92 Å². The molecule has 0 saturated heterocycles. The molecule has 0 spiro atoms. The van der Waals surface area contributed by atoms with E-state index in [9.17, 15) is 9.59 Å². The first-order chi connectivity index (χ1) is 11.5. The van der Waals surface area contributed by atoms with Gasteiger partial charge < -0.3 is 20.7 Å². The van der Waals surface area contributed by atoms with Crippen LogP contribution in [0.15, 0.2) is 42.5 Å². The van der Waals surface area contributed by atoms with Crippen molar-refractivity contribution in [3.8, 4) is 5.75 Å². The molecule has 0 aliphatic rings. The second kappa shape index (κ2) is 8.21. The number of hydrogen-bond donors (Lipinski definition) is 3. The van der Waals surface area contributed by atoms with E-state index in [0.29, 0.717) is 22.1 Å². The van der Waals surface area contributed by atoms with Gasteiger partial charge in [-0.05, 0) is 42.5 Å². The zero-order valence-electron chi connectivity index (χ0n) is 13.4. The average Bonchev–Trinajstić information content (AvgIpc) is 2.55. The number of anilines is 2. The molecular formula is C17H18ClN3O3. The van der Waals surface area contributed by atoms with Crippen LogP contribution in [0.3, 0.4) is 0 Å². The fourth-order valence-electron chi connectivity index (χ4n) is 2.08. The number of rotatable bonds is 5. The number of nitrogens with one attached hydrogen (secondary N) is 3. The van der Waals surface area contributed by atoms with Crippen molar-refractivity contribution in [2.45, 2.75) is 13.5 Å². The van der Waals surface area contributed by atoms with Gasteiger partial charge in [-0.2, -0.15) is 0 Å². The van der Waals surface area contributed by atoms with E-state index >= 15 is 0 Å². The third-order valence-corrected chi connectivity index (χ3v) is 3.39. The summed E-state index contributed by atoms with van der Waals surface area (Å²) in [5.41, 5.74) is 2.02. The van der Waals surface area contributed by atoms with Gasteiger partial charge in [-0.3, -0.25) is 4.79 Å².